The maximum absolute atomic E-state index is 14.3. The summed E-state index contributed by atoms with van der Waals surface area (Å²) in [7, 11) is 0. The zero-order valence-electron chi connectivity index (χ0n) is 20.2. The molecule has 11 heteroatoms. The van der Waals surface area contributed by atoms with Gasteiger partial charge in [-0.25, -0.2) is 14.3 Å². The lowest BCUT2D eigenvalue weighted by molar-refractivity contribution is -0.125. The number of benzene rings is 2. The number of nitrogens with zero attached hydrogens (tertiary/aromatic N) is 3. The van der Waals surface area contributed by atoms with Crippen LogP contribution in [0.5, 0.6) is 5.75 Å². The minimum absolute atomic E-state index is 0.100. The summed E-state index contributed by atoms with van der Waals surface area (Å²) >= 11 is 1.31. The third kappa shape index (κ3) is 4.82. The highest BCUT2D eigenvalue weighted by Crippen LogP contribution is 2.37. The van der Waals surface area contributed by atoms with Gasteiger partial charge < -0.3 is 19.2 Å². The molecule has 2 amide bonds. The van der Waals surface area contributed by atoms with Crippen molar-refractivity contribution in [2.24, 2.45) is 9.98 Å². The summed E-state index contributed by atoms with van der Waals surface area (Å²) in [6, 6.07) is 13.1. The fraction of sp³-hybridized carbons (Fsp3) is 0.259. The van der Waals surface area contributed by atoms with E-state index < -0.39 is 6.04 Å². The van der Waals surface area contributed by atoms with Gasteiger partial charge >= 0.3 is 0 Å². The lowest BCUT2D eigenvalue weighted by Crippen LogP contribution is -2.41. The Morgan fingerprint density at radius 3 is 2.97 bits per heavy atom. The second-order valence-corrected chi connectivity index (χ2v) is 9.84. The SMILES string of the molecule is O=C(CCC1N=C2c3ccccc3N=C(SCc3cc(F)cc4c3OCOC4)N2C1=O)NCc1ccco1. The minimum atomic E-state index is -0.710. The molecular formula is C27H23FN4O5S. The number of aliphatic imine (C=N–C) groups is 2. The Balaban J connectivity index is 1.19. The fourth-order valence-corrected chi connectivity index (χ4v) is 5.52. The highest BCUT2D eigenvalue weighted by molar-refractivity contribution is 8.13. The minimum Gasteiger partial charge on any atom is -0.467 e. The largest absolute Gasteiger partial charge is 0.467 e. The first-order chi connectivity index (χ1) is 18.6. The molecule has 0 radical (unpaired) electrons. The molecule has 0 saturated carbocycles. The first-order valence-electron chi connectivity index (χ1n) is 12.1. The Morgan fingerprint density at radius 2 is 2.11 bits per heavy atom. The average molecular weight is 535 g/mol. The van der Waals surface area contributed by atoms with Gasteiger partial charge in [-0.3, -0.25) is 14.6 Å². The van der Waals surface area contributed by atoms with Crippen molar-refractivity contribution in [2.45, 2.75) is 37.8 Å². The van der Waals surface area contributed by atoms with Crippen LogP contribution in [0.3, 0.4) is 0 Å². The molecule has 0 aliphatic carbocycles. The molecule has 1 unspecified atom stereocenters. The van der Waals surface area contributed by atoms with Gasteiger partial charge in [0, 0.05) is 28.9 Å². The maximum Gasteiger partial charge on any atom is 0.259 e. The number of halogens is 1. The average Bonchev–Trinajstić information content (AvgIpc) is 3.57. The van der Waals surface area contributed by atoms with Gasteiger partial charge in [0.15, 0.2) is 12.0 Å². The van der Waals surface area contributed by atoms with Crippen molar-refractivity contribution in [3.63, 3.8) is 0 Å². The zero-order valence-corrected chi connectivity index (χ0v) is 21.0. The highest BCUT2D eigenvalue weighted by Gasteiger charge is 2.41. The predicted molar refractivity (Wildman–Crippen MR) is 138 cm³/mol. The van der Waals surface area contributed by atoms with Gasteiger partial charge in [0.2, 0.25) is 5.91 Å². The van der Waals surface area contributed by atoms with Crippen LogP contribution in [-0.4, -0.2) is 40.6 Å². The molecule has 38 heavy (non-hydrogen) atoms. The monoisotopic (exact) mass is 534 g/mol. The van der Waals surface area contributed by atoms with Crippen molar-refractivity contribution < 1.29 is 27.9 Å². The second-order valence-electron chi connectivity index (χ2n) is 8.90. The Bertz CT molecular complexity index is 1460. The normalized spacial score (nSPS) is 17.7. The lowest BCUT2D eigenvalue weighted by atomic mass is 10.1. The lowest BCUT2D eigenvalue weighted by Gasteiger charge is -2.26. The topological polar surface area (TPSA) is 106 Å². The van der Waals surface area contributed by atoms with Gasteiger partial charge in [0.25, 0.3) is 5.91 Å². The third-order valence-corrected chi connectivity index (χ3v) is 7.33. The van der Waals surface area contributed by atoms with Crippen LogP contribution in [0.15, 0.2) is 69.2 Å². The molecule has 4 heterocycles. The van der Waals surface area contributed by atoms with Crippen LogP contribution in [-0.2, 0) is 33.2 Å². The number of thioether (sulfide) groups is 1. The van der Waals surface area contributed by atoms with Crippen LogP contribution in [0.4, 0.5) is 10.1 Å². The molecule has 1 N–H and O–H groups in total. The smallest absolute Gasteiger partial charge is 0.259 e. The summed E-state index contributed by atoms with van der Waals surface area (Å²) < 4.78 is 30.4. The van der Waals surface area contributed by atoms with Crippen molar-refractivity contribution in [1.82, 2.24) is 10.2 Å². The van der Waals surface area contributed by atoms with E-state index in [1.54, 1.807) is 18.4 Å². The molecule has 0 spiro atoms. The molecule has 0 bridgehead atoms. The number of nitrogens with one attached hydrogen (secondary N) is 1. The number of carbonyl (C=O) groups is 2. The number of hydrogen-bond donors (Lipinski definition) is 1. The molecule has 1 aromatic heterocycles. The van der Waals surface area contributed by atoms with Crippen molar-refractivity contribution in [3.05, 3.63) is 83.1 Å². The van der Waals surface area contributed by atoms with E-state index in [-0.39, 0.29) is 50.4 Å². The number of furan rings is 1. The van der Waals surface area contributed by atoms with Crippen LogP contribution in [0.2, 0.25) is 0 Å². The number of hydrogen-bond acceptors (Lipinski definition) is 8. The van der Waals surface area contributed by atoms with Gasteiger partial charge in [-0.05, 0) is 42.8 Å². The first-order valence-corrected chi connectivity index (χ1v) is 13.1. The van der Waals surface area contributed by atoms with Crippen molar-refractivity contribution in [3.8, 4) is 5.75 Å². The maximum atomic E-state index is 14.3. The Hall–Kier alpha value is -3.96. The molecule has 3 aliphatic heterocycles. The first kappa shape index (κ1) is 24.4. The number of fused-ring (bicyclic) bond motifs is 4. The summed E-state index contributed by atoms with van der Waals surface area (Å²) in [5, 5.41) is 3.24. The number of rotatable bonds is 7. The fourth-order valence-electron chi connectivity index (χ4n) is 4.55. The number of carbonyl (C=O) groups excluding carboxylic acids is 2. The third-order valence-electron chi connectivity index (χ3n) is 6.34. The summed E-state index contributed by atoms with van der Waals surface area (Å²) in [4.78, 5) is 36.8. The highest BCUT2D eigenvalue weighted by atomic mass is 32.2. The van der Waals surface area contributed by atoms with E-state index in [9.17, 15) is 14.0 Å². The molecule has 194 valence electrons. The zero-order chi connectivity index (χ0) is 26.1. The molecule has 0 saturated heterocycles. The van der Waals surface area contributed by atoms with Gasteiger partial charge in [0.1, 0.15) is 29.2 Å². The van der Waals surface area contributed by atoms with Crippen molar-refractivity contribution in [2.75, 3.05) is 6.79 Å². The van der Waals surface area contributed by atoms with E-state index in [0.717, 1.165) is 5.56 Å². The standard InChI is InChI=1S/C27H23FN4O5S/c28-18-10-16-13-35-15-37-24(16)17(11-18)14-38-27-31-21-6-2-1-5-20(21)25-30-22(26(34)32(25)27)7-8-23(33)29-12-19-4-3-9-36-19/h1-6,9-11,22H,7-8,12-15H2,(H,29,33). The second kappa shape index (κ2) is 10.4. The van der Waals surface area contributed by atoms with Gasteiger partial charge in [0.05, 0.1) is 25.1 Å². The summed E-state index contributed by atoms with van der Waals surface area (Å²) in [5.41, 5.74) is 2.75. The molecule has 1 atom stereocenters. The Labute approximate surface area is 221 Å². The van der Waals surface area contributed by atoms with E-state index >= 15 is 0 Å². The van der Waals surface area contributed by atoms with E-state index in [1.807, 2.05) is 24.3 Å². The molecule has 9 nitrogen and oxygen atoms in total. The molecule has 6 rings (SSSR count). The number of amidine groups is 2. The molecular weight excluding hydrogens is 511 g/mol. The van der Waals surface area contributed by atoms with Gasteiger partial charge in [-0.15, -0.1) is 0 Å². The van der Waals surface area contributed by atoms with E-state index in [2.05, 4.69) is 5.32 Å². The van der Waals surface area contributed by atoms with Crippen LogP contribution in [0.1, 0.15) is 35.3 Å². The van der Waals surface area contributed by atoms with Crippen LogP contribution in [0, 0.1) is 5.82 Å². The molecule has 0 fully saturated rings. The van der Waals surface area contributed by atoms with E-state index in [0.29, 0.717) is 45.1 Å². The van der Waals surface area contributed by atoms with Crippen molar-refractivity contribution >= 4 is 40.3 Å². The number of ether oxygens (including phenoxy) is 2. The summed E-state index contributed by atoms with van der Waals surface area (Å²) in [6.45, 7) is 0.658. The summed E-state index contributed by atoms with van der Waals surface area (Å²) in [5.74, 6) is 1.28. The van der Waals surface area contributed by atoms with Gasteiger partial charge in [-0.1, -0.05) is 23.9 Å². The quantitative estimate of drug-likeness (QED) is 0.485. The van der Waals surface area contributed by atoms with E-state index in [4.69, 9.17) is 23.9 Å². The number of para-hydroxylation sites is 1. The predicted octanol–water partition coefficient (Wildman–Crippen LogP) is 4.27. The molecule has 2 aromatic carbocycles. The van der Waals surface area contributed by atoms with Crippen LogP contribution >= 0.6 is 11.8 Å². The molecule has 3 aromatic rings. The Morgan fingerprint density at radius 1 is 1.21 bits per heavy atom. The van der Waals surface area contributed by atoms with Crippen molar-refractivity contribution in [1.29, 1.82) is 0 Å². The number of amides is 2. The van der Waals surface area contributed by atoms with E-state index in [1.165, 1.54) is 28.8 Å². The van der Waals surface area contributed by atoms with Crippen LogP contribution in [0.25, 0.3) is 0 Å². The Kier molecular flexibility index (Phi) is 6.69. The summed E-state index contributed by atoms with van der Waals surface area (Å²) in [6.07, 6.45) is 1.94. The van der Waals surface area contributed by atoms with Crippen LogP contribution < -0.4 is 10.1 Å². The molecule has 3 aliphatic rings. The van der Waals surface area contributed by atoms with Gasteiger partial charge in [-0.2, -0.15) is 0 Å².